The van der Waals surface area contributed by atoms with E-state index < -0.39 is 0 Å². The molecule has 0 saturated heterocycles. The van der Waals surface area contributed by atoms with Crippen LogP contribution in [0.2, 0.25) is 0 Å². The number of carbonyl (C=O) groups is 2. The van der Waals surface area contributed by atoms with Gasteiger partial charge in [0.15, 0.2) is 23.9 Å². The lowest BCUT2D eigenvalue weighted by atomic mass is 10.1. The molecule has 0 aliphatic rings. The summed E-state index contributed by atoms with van der Waals surface area (Å²) in [7, 11) is 3.13. The number of Topliss-reactive ketones (excluding diaryl/α,β-unsaturated/α-hetero) is 1. The van der Waals surface area contributed by atoms with Gasteiger partial charge >= 0.3 is 0 Å². The molecule has 0 aromatic heterocycles. The predicted molar refractivity (Wildman–Crippen MR) is 98.0 cm³/mol. The summed E-state index contributed by atoms with van der Waals surface area (Å²) in [5, 5.41) is 2.78. The summed E-state index contributed by atoms with van der Waals surface area (Å²) in [6, 6.07) is 12.2. The Kier molecular flexibility index (Phi) is 7.02. The van der Waals surface area contributed by atoms with Crippen LogP contribution in [-0.2, 0) is 11.3 Å². The van der Waals surface area contributed by atoms with E-state index in [-0.39, 0.29) is 18.3 Å². The van der Waals surface area contributed by atoms with Gasteiger partial charge in [-0.05, 0) is 42.0 Å². The molecular formula is C20H23NO5. The van der Waals surface area contributed by atoms with Crippen LogP contribution >= 0.6 is 0 Å². The number of methoxy groups -OCH3 is 2. The molecule has 2 rings (SSSR count). The fraction of sp³-hybridized carbons (Fsp3) is 0.300. The average molecular weight is 357 g/mol. The van der Waals surface area contributed by atoms with Crippen molar-refractivity contribution in [2.45, 2.75) is 19.9 Å². The van der Waals surface area contributed by atoms with Gasteiger partial charge in [-0.15, -0.1) is 0 Å². The molecule has 2 aromatic rings. The highest BCUT2D eigenvalue weighted by Crippen LogP contribution is 2.27. The first-order chi connectivity index (χ1) is 12.6. The Hall–Kier alpha value is -3.02. The van der Waals surface area contributed by atoms with Crippen LogP contribution < -0.4 is 19.5 Å². The number of hydrogen-bond donors (Lipinski definition) is 1. The van der Waals surface area contributed by atoms with Crippen molar-refractivity contribution in [3.8, 4) is 17.2 Å². The van der Waals surface area contributed by atoms with Gasteiger partial charge < -0.3 is 19.5 Å². The zero-order valence-corrected chi connectivity index (χ0v) is 15.2. The van der Waals surface area contributed by atoms with Crippen LogP contribution in [0.4, 0.5) is 0 Å². The number of nitrogens with one attached hydrogen (secondary N) is 1. The molecule has 0 heterocycles. The summed E-state index contributed by atoms with van der Waals surface area (Å²) in [4.78, 5) is 23.5. The summed E-state index contributed by atoms with van der Waals surface area (Å²) in [5.74, 6) is 1.62. The number of benzene rings is 2. The van der Waals surface area contributed by atoms with Crippen LogP contribution in [0.3, 0.4) is 0 Å². The molecule has 2 aromatic carbocycles. The first-order valence-corrected chi connectivity index (χ1v) is 8.31. The maximum absolute atomic E-state index is 11.9. The van der Waals surface area contributed by atoms with Gasteiger partial charge in [0.05, 0.1) is 14.2 Å². The van der Waals surface area contributed by atoms with Crippen molar-refractivity contribution in [2.75, 3.05) is 20.8 Å². The molecular weight excluding hydrogens is 334 g/mol. The predicted octanol–water partition coefficient (Wildman–Crippen LogP) is 2.99. The molecule has 0 fully saturated rings. The third-order valence-electron chi connectivity index (χ3n) is 3.80. The summed E-state index contributed by atoms with van der Waals surface area (Å²) >= 11 is 0. The van der Waals surface area contributed by atoms with E-state index in [0.717, 1.165) is 5.56 Å². The Morgan fingerprint density at radius 2 is 1.65 bits per heavy atom. The number of ketones is 1. The first kappa shape index (κ1) is 19.3. The van der Waals surface area contributed by atoms with Crippen LogP contribution in [-0.4, -0.2) is 32.5 Å². The third-order valence-corrected chi connectivity index (χ3v) is 3.80. The highest BCUT2D eigenvalue weighted by Gasteiger charge is 2.08. The molecule has 0 saturated carbocycles. The van der Waals surface area contributed by atoms with Crippen molar-refractivity contribution in [1.82, 2.24) is 5.32 Å². The zero-order valence-electron chi connectivity index (χ0n) is 15.2. The van der Waals surface area contributed by atoms with E-state index >= 15 is 0 Å². The van der Waals surface area contributed by atoms with E-state index in [1.165, 1.54) is 0 Å². The molecule has 138 valence electrons. The van der Waals surface area contributed by atoms with E-state index in [0.29, 0.717) is 35.8 Å². The van der Waals surface area contributed by atoms with Gasteiger partial charge in [-0.25, -0.2) is 0 Å². The van der Waals surface area contributed by atoms with Gasteiger partial charge in [-0.2, -0.15) is 0 Å². The summed E-state index contributed by atoms with van der Waals surface area (Å²) in [6.45, 7) is 2.07. The third kappa shape index (κ3) is 5.24. The lowest BCUT2D eigenvalue weighted by Crippen LogP contribution is -2.28. The lowest BCUT2D eigenvalue weighted by Gasteiger charge is -2.11. The highest BCUT2D eigenvalue weighted by molar-refractivity contribution is 5.95. The Labute approximate surface area is 153 Å². The number of amides is 1. The van der Waals surface area contributed by atoms with Crippen molar-refractivity contribution in [3.63, 3.8) is 0 Å². The topological polar surface area (TPSA) is 73.9 Å². The van der Waals surface area contributed by atoms with Gasteiger partial charge in [0.1, 0.15) is 5.75 Å². The van der Waals surface area contributed by atoms with Crippen LogP contribution in [0.25, 0.3) is 0 Å². The first-order valence-electron chi connectivity index (χ1n) is 8.31. The highest BCUT2D eigenvalue weighted by atomic mass is 16.5. The normalized spacial score (nSPS) is 10.1. The molecule has 0 atom stereocenters. The summed E-state index contributed by atoms with van der Waals surface area (Å²) in [5.41, 5.74) is 1.52. The minimum absolute atomic E-state index is 0.0733. The van der Waals surface area contributed by atoms with Crippen LogP contribution in [0, 0.1) is 0 Å². The van der Waals surface area contributed by atoms with Gasteiger partial charge in [0, 0.05) is 18.5 Å². The smallest absolute Gasteiger partial charge is 0.258 e. The second-order valence-corrected chi connectivity index (χ2v) is 5.56. The second-order valence-electron chi connectivity index (χ2n) is 5.56. The molecule has 6 nitrogen and oxygen atoms in total. The Morgan fingerprint density at radius 1 is 0.962 bits per heavy atom. The van der Waals surface area contributed by atoms with E-state index in [9.17, 15) is 9.59 Å². The molecule has 1 amide bonds. The minimum Gasteiger partial charge on any atom is -0.493 e. The molecule has 1 N–H and O–H groups in total. The number of hydrogen-bond acceptors (Lipinski definition) is 5. The van der Waals surface area contributed by atoms with Crippen LogP contribution in [0.5, 0.6) is 17.2 Å². The van der Waals surface area contributed by atoms with Crippen molar-refractivity contribution in [2.24, 2.45) is 0 Å². The Morgan fingerprint density at radius 3 is 2.27 bits per heavy atom. The SMILES string of the molecule is CCC(=O)c1ccc(OCC(=O)NCc2ccc(OC)c(OC)c2)cc1. The summed E-state index contributed by atoms with van der Waals surface area (Å²) < 4.78 is 15.9. The van der Waals surface area contributed by atoms with Gasteiger partial charge in [0.25, 0.3) is 5.91 Å². The molecule has 6 heteroatoms. The van der Waals surface area contributed by atoms with Gasteiger partial charge in [0.2, 0.25) is 0 Å². The number of ether oxygens (including phenoxy) is 3. The average Bonchev–Trinajstić information content (AvgIpc) is 2.70. The largest absolute Gasteiger partial charge is 0.493 e. The number of rotatable bonds is 9. The quantitative estimate of drug-likeness (QED) is 0.699. The standard InChI is InChI=1S/C20H23NO5/c1-4-17(22)15-6-8-16(9-7-15)26-13-20(23)21-12-14-5-10-18(24-2)19(11-14)25-3/h5-11H,4,12-13H2,1-3H3,(H,21,23). The zero-order chi connectivity index (χ0) is 18.9. The lowest BCUT2D eigenvalue weighted by molar-refractivity contribution is -0.123. The molecule has 26 heavy (non-hydrogen) atoms. The van der Waals surface area contributed by atoms with Crippen LogP contribution in [0.1, 0.15) is 29.3 Å². The Balaban J connectivity index is 1.83. The molecule has 0 radical (unpaired) electrons. The van der Waals surface area contributed by atoms with Gasteiger partial charge in [-0.1, -0.05) is 13.0 Å². The van der Waals surface area contributed by atoms with E-state index in [4.69, 9.17) is 14.2 Å². The van der Waals surface area contributed by atoms with E-state index in [1.807, 2.05) is 19.1 Å². The molecule has 0 unspecified atom stereocenters. The maximum atomic E-state index is 11.9. The molecule has 0 aliphatic carbocycles. The van der Waals surface area contributed by atoms with E-state index in [2.05, 4.69) is 5.32 Å². The fourth-order valence-electron chi connectivity index (χ4n) is 2.33. The van der Waals surface area contributed by atoms with Gasteiger partial charge in [-0.3, -0.25) is 9.59 Å². The van der Waals surface area contributed by atoms with Crippen molar-refractivity contribution in [1.29, 1.82) is 0 Å². The number of carbonyl (C=O) groups excluding carboxylic acids is 2. The monoisotopic (exact) mass is 357 g/mol. The fourth-order valence-corrected chi connectivity index (χ4v) is 2.33. The van der Waals surface area contributed by atoms with Crippen molar-refractivity contribution < 1.29 is 23.8 Å². The second kappa shape index (κ2) is 9.46. The molecule has 0 spiro atoms. The Bertz CT molecular complexity index is 755. The van der Waals surface area contributed by atoms with E-state index in [1.54, 1.807) is 44.6 Å². The van der Waals surface area contributed by atoms with Crippen molar-refractivity contribution >= 4 is 11.7 Å². The molecule has 0 aliphatic heterocycles. The minimum atomic E-state index is -0.242. The summed E-state index contributed by atoms with van der Waals surface area (Å²) in [6.07, 6.45) is 0.457. The van der Waals surface area contributed by atoms with Crippen LogP contribution in [0.15, 0.2) is 42.5 Å². The molecule has 0 bridgehead atoms. The maximum Gasteiger partial charge on any atom is 0.258 e. The van der Waals surface area contributed by atoms with Crippen molar-refractivity contribution in [3.05, 3.63) is 53.6 Å².